The highest BCUT2D eigenvalue weighted by molar-refractivity contribution is 5.93. The van der Waals surface area contributed by atoms with Crippen LogP contribution in [0.15, 0.2) is 48.8 Å². The van der Waals surface area contributed by atoms with Gasteiger partial charge >= 0.3 is 0 Å². The number of carbonyl (C=O) groups is 1. The van der Waals surface area contributed by atoms with Crippen LogP contribution in [-0.4, -0.2) is 15.9 Å². The second-order valence-corrected chi connectivity index (χ2v) is 4.30. The molecular weight excluding hydrogens is 226 g/mol. The summed E-state index contributed by atoms with van der Waals surface area (Å²) in [6, 6.07) is 11.6. The van der Waals surface area contributed by atoms with Crippen LogP contribution in [0.25, 0.3) is 0 Å². The number of amides is 1. The molecule has 1 aromatic carbocycles. The highest BCUT2D eigenvalue weighted by Gasteiger charge is 2.20. The number of nitrogens with one attached hydrogen (secondary N) is 1. The monoisotopic (exact) mass is 239 g/mol. The minimum Gasteiger partial charge on any atom is -0.284 e. The van der Waals surface area contributed by atoms with Gasteiger partial charge in [-0.15, -0.1) is 0 Å². The van der Waals surface area contributed by atoms with Crippen molar-refractivity contribution in [2.45, 2.75) is 13.1 Å². The summed E-state index contributed by atoms with van der Waals surface area (Å²) in [5, 5.41) is 1.92. The van der Waals surface area contributed by atoms with Crippen molar-refractivity contribution in [3.63, 3.8) is 0 Å². The third-order valence-electron chi connectivity index (χ3n) is 3.04. The predicted octanol–water partition coefficient (Wildman–Crippen LogP) is 1.74. The molecule has 2 heterocycles. The standard InChI is InChI=1S/C14H13N3O/c18-14(11-5-7-15-8-6-11)16-17-9-12-3-1-2-4-13(12)10-17/h1-8H,9-10H2,(H,16,18). The maximum absolute atomic E-state index is 12.0. The zero-order valence-corrected chi connectivity index (χ0v) is 9.84. The van der Waals surface area contributed by atoms with Crippen molar-refractivity contribution in [2.24, 2.45) is 0 Å². The van der Waals surface area contributed by atoms with E-state index in [0.717, 1.165) is 13.1 Å². The van der Waals surface area contributed by atoms with Crippen LogP contribution in [0.2, 0.25) is 0 Å². The predicted molar refractivity (Wildman–Crippen MR) is 67.4 cm³/mol. The quantitative estimate of drug-likeness (QED) is 0.868. The lowest BCUT2D eigenvalue weighted by Gasteiger charge is -2.16. The van der Waals surface area contributed by atoms with Crippen molar-refractivity contribution < 1.29 is 4.79 Å². The molecule has 90 valence electrons. The Morgan fingerprint density at radius 1 is 1.06 bits per heavy atom. The molecule has 1 aliphatic heterocycles. The highest BCUT2D eigenvalue weighted by atomic mass is 16.2. The third kappa shape index (κ3) is 2.10. The molecule has 18 heavy (non-hydrogen) atoms. The fraction of sp³-hybridized carbons (Fsp3) is 0.143. The van der Waals surface area contributed by atoms with E-state index in [1.807, 2.05) is 17.1 Å². The molecule has 2 aromatic rings. The molecule has 1 aromatic heterocycles. The summed E-state index contributed by atoms with van der Waals surface area (Å²) < 4.78 is 0. The van der Waals surface area contributed by atoms with Gasteiger partial charge in [0.2, 0.25) is 0 Å². The molecule has 3 rings (SSSR count). The summed E-state index contributed by atoms with van der Waals surface area (Å²) in [7, 11) is 0. The van der Waals surface area contributed by atoms with Crippen LogP contribution in [0.4, 0.5) is 0 Å². The van der Waals surface area contributed by atoms with E-state index >= 15 is 0 Å². The largest absolute Gasteiger partial charge is 0.284 e. The molecule has 1 N–H and O–H groups in total. The molecule has 0 bridgehead atoms. The smallest absolute Gasteiger partial charge is 0.265 e. The molecule has 0 radical (unpaired) electrons. The van der Waals surface area contributed by atoms with Gasteiger partial charge in [0.1, 0.15) is 0 Å². The van der Waals surface area contributed by atoms with Crippen molar-refractivity contribution >= 4 is 5.91 Å². The molecule has 0 unspecified atom stereocenters. The number of hydrogen-bond acceptors (Lipinski definition) is 3. The third-order valence-corrected chi connectivity index (χ3v) is 3.04. The van der Waals surface area contributed by atoms with Crippen molar-refractivity contribution in [2.75, 3.05) is 0 Å². The Morgan fingerprint density at radius 3 is 2.28 bits per heavy atom. The summed E-state index contributed by atoms with van der Waals surface area (Å²) in [4.78, 5) is 15.9. The zero-order chi connectivity index (χ0) is 12.4. The van der Waals surface area contributed by atoms with Crippen LogP contribution in [0, 0.1) is 0 Å². The number of benzene rings is 1. The molecule has 0 saturated heterocycles. The molecule has 4 nitrogen and oxygen atoms in total. The van der Waals surface area contributed by atoms with Crippen LogP contribution in [0.5, 0.6) is 0 Å². The fourth-order valence-corrected chi connectivity index (χ4v) is 2.12. The Balaban J connectivity index is 1.68. The van der Waals surface area contributed by atoms with Gasteiger partial charge in [-0.25, -0.2) is 5.01 Å². The van der Waals surface area contributed by atoms with Gasteiger partial charge in [0.05, 0.1) is 0 Å². The molecule has 1 aliphatic rings. The number of carbonyl (C=O) groups excluding carboxylic acids is 1. The van der Waals surface area contributed by atoms with Gasteiger partial charge in [-0.2, -0.15) is 0 Å². The first-order chi connectivity index (χ1) is 8.83. The average Bonchev–Trinajstić information content (AvgIpc) is 2.82. The van der Waals surface area contributed by atoms with E-state index in [9.17, 15) is 4.79 Å². The maximum Gasteiger partial charge on any atom is 0.265 e. The molecule has 0 fully saturated rings. The second kappa shape index (κ2) is 4.58. The van der Waals surface area contributed by atoms with Crippen molar-refractivity contribution in [3.8, 4) is 0 Å². The first-order valence-corrected chi connectivity index (χ1v) is 5.86. The van der Waals surface area contributed by atoms with E-state index < -0.39 is 0 Å². The molecule has 0 aliphatic carbocycles. The lowest BCUT2D eigenvalue weighted by molar-refractivity contribution is 0.0784. The van der Waals surface area contributed by atoms with Crippen LogP contribution in [-0.2, 0) is 13.1 Å². The number of hydrogen-bond donors (Lipinski definition) is 1. The second-order valence-electron chi connectivity index (χ2n) is 4.30. The molecule has 0 atom stereocenters. The summed E-state index contributed by atoms with van der Waals surface area (Å²) in [6.45, 7) is 1.51. The van der Waals surface area contributed by atoms with Crippen molar-refractivity contribution in [1.82, 2.24) is 15.4 Å². The lowest BCUT2D eigenvalue weighted by atomic mass is 10.1. The van der Waals surface area contributed by atoms with Gasteiger partial charge < -0.3 is 0 Å². The molecule has 4 heteroatoms. The number of nitrogens with zero attached hydrogens (tertiary/aromatic N) is 2. The first-order valence-electron chi connectivity index (χ1n) is 5.86. The SMILES string of the molecule is O=C(NN1Cc2ccccc2C1)c1ccncc1. The Morgan fingerprint density at radius 2 is 1.67 bits per heavy atom. The average molecular weight is 239 g/mol. The number of rotatable bonds is 2. The summed E-state index contributed by atoms with van der Waals surface area (Å²) in [5.74, 6) is -0.0924. The fourth-order valence-electron chi connectivity index (χ4n) is 2.12. The van der Waals surface area contributed by atoms with Crippen molar-refractivity contribution in [1.29, 1.82) is 0 Å². The molecular formula is C14H13N3O. The Bertz CT molecular complexity index is 543. The molecule has 0 spiro atoms. The highest BCUT2D eigenvalue weighted by Crippen LogP contribution is 2.20. The maximum atomic E-state index is 12.0. The van der Waals surface area contributed by atoms with Crippen LogP contribution in [0.1, 0.15) is 21.5 Å². The Hall–Kier alpha value is -2.20. The molecule has 0 saturated carbocycles. The van der Waals surface area contributed by atoms with E-state index in [1.165, 1.54) is 11.1 Å². The van der Waals surface area contributed by atoms with E-state index in [4.69, 9.17) is 0 Å². The van der Waals surface area contributed by atoms with Crippen molar-refractivity contribution in [3.05, 3.63) is 65.5 Å². The van der Waals surface area contributed by atoms with Crippen LogP contribution in [0.3, 0.4) is 0 Å². The summed E-state index contributed by atoms with van der Waals surface area (Å²) in [6.07, 6.45) is 3.24. The van der Waals surface area contributed by atoms with Crippen LogP contribution >= 0.6 is 0 Å². The normalized spacial score (nSPS) is 14.2. The van der Waals surface area contributed by atoms with E-state index in [0.29, 0.717) is 5.56 Å². The number of fused-ring (bicyclic) bond motifs is 1. The number of aromatic nitrogens is 1. The first kappa shape index (κ1) is 10.9. The summed E-state index contributed by atoms with van der Waals surface area (Å²) in [5.41, 5.74) is 6.08. The zero-order valence-electron chi connectivity index (χ0n) is 9.84. The van der Waals surface area contributed by atoms with Gasteiger partial charge in [0.25, 0.3) is 5.91 Å². The Labute approximate surface area is 105 Å². The van der Waals surface area contributed by atoms with E-state index in [2.05, 4.69) is 22.5 Å². The van der Waals surface area contributed by atoms with E-state index in [-0.39, 0.29) is 5.91 Å². The summed E-state index contributed by atoms with van der Waals surface area (Å²) >= 11 is 0. The van der Waals surface area contributed by atoms with Crippen LogP contribution < -0.4 is 5.43 Å². The minimum absolute atomic E-state index is 0.0924. The van der Waals surface area contributed by atoms with Gasteiger partial charge in [-0.3, -0.25) is 15.2 Å². The topological polar surface area (TPSA) is 45.2 Å². The van der Waals surface area contributed by atoms with Gasteiger partial charge in [-0.05, 0) is 23.3 Å². The van der Waals surface area contributed by atoms with E-state index in [1.54, 1.807) is 24.5 Å². The van der Waals surface area contributed by atoms with Gasteiger partial charge in [0, 0.05) is 31.0 Å². The lowest BCUT2D eigenvalue weighted by Crippen LogP contribution is -2.38. The van der Waals surface area contributed by atoms with Gasteiger partial charge in [0.15, 0.2) is 0 Å². The number of pyridine rings is 1. The van der Waals surface area contributed by atoms with Gasteiger partial charge in [-0.1, -0.05) is 24.3 Å². The molecule has 1 amide bonds. The minimum atomic E-state index is -0.0924. The Kier molecular flexibility index (Phi) is 2.78. The number of hydrazine groups is 1.